The van der Waals surface area contributed by atoms with E-state index in [1.807, 2.05) is 18.4 Å². The van der Waals surface area contributed by atoms with Crippen LogP contribution < -0.4 is 0 Å². The van der Waals surface area contributed by atoms with Crippen molar-refractivity contribution in [3.05, 3.63) is 44.9 Å². The first-order valence-electron chi connectivity index (χ1n) is 6.80. The summed E-state index contributed by atoms with van der Waals surface area (Å²) in [6.07, 6.45) is 2.14. The Bertz CT molecular complexity index is 811. The van der Waals surface area contributed by atoms with Gasteiger partial charge in [-0.3, -0.25) is 0 Å². The number of fused-ring (bicyclic) bond motifs is 1. The van der Waals surface area contributed by atoms with Crippen molar-refractivity contribution in [2.75, 3.05) is 0 Å². The van der Waals surface area contributed by atoms with Crippen LogP contribution in [-0.4, -0.2) is 9.97 Å². The molecular formula is C16H14Cl2N2S. The van der Waals surface area contributed by atoms with Crippen LogP contribution in [0.2, 0.25) is 10.2 Å². The molecule has 21 heavy (non-hydrogen) atoms. The topological polar surface area (TPSA) is 25.8 Å². The maximum Gasteiger partial charge on any atom is 0.173 e. The molecular weight excluding hydrogens is 323 g/mol. The molecule has 0 unspecified atom stereocenters. The summed E-state index contributed by atoms with van der Waals surface area (Å²) in [6, 6.07) is 6.18. The standard InChI is InChI=1S/C16H14Cl2N2S/c1-3-4-10-5-6-12-11(7-10)15(18)20-16(19-12)14-13(17)9(2)8-21-14/h5-8H,3-4H2,1-2H3. The summed E-state index contributed by atoms with van der Waals surface area (Å²) in [6.45, 7) is 4.13. The van der Waals surface area contributed by atoms with Crippen LogP contribution in [-0.2, 0) is 6.42 Å². The van der Waals surface area contributed by atoms with E-state index < -0.39 is 0 Å². The number of nitrogens with zero attached hydrogens (tertiary/aromatic N) is 2. The van der Waals surface area contributed by atoms with Crippen molar-refractivity contribution in [2.24, 2.45) is 0 Å². The van der Waals surface area contributed by atoms with Crippen molar-refractivity contribution >= 4 is 45.4 Å². The highest BCUT2D eigenvalue weighted by Crippen LogP contribution is 2.36. The van der Waals surface area contributed by atoms with E-state index in [1.54, 1.807) is 11.3 Å². The fraction of sp³-hybridized carbons (Fsp3) is 0.250. The summed E-state index contributed by atoms with van der Waals surface area (Å²) in [5.74, 6) is 0.596. The van der Waals surface area contributed by atoms with Crippen molar-refractivity contribution in [1.82, 2.24) is 9.97 Å². The number of aryl methyl sites for hydroxylation is 2. The monoisotopic (exact) mass is 336 g/mol. The minimum atomic E-state index is 0.482. The Morgan fingerprint density at radius 3 is 2.67 bits per heavy atom. The number of halogens is 2. The molecule has 2 nitrogen and oxygen atoms in total. The van der Waals surface area contributed by atoms with Gasteiger partial charge in [-0.1, -0.05) is 42.6 Å². The van der Waals surface area contributed by atoms with Crippen LogP contribution in [0.4, 0.5) is 0 Å². The Morgan fingerprint density at radius 2 is 2.00 bits per heavy atom. The highest BCUT2D eigenvalue weighted by molar-refractivity contribution is 7.14. The Balaban J connectivity index is 2.15. The van der Waals surface area contributed by atoms with E-state index in [0.29, 0.717) is 16.0 Å². The minimum absolute atomic E-state index is 0.482. The van der Waals surface area contributed by atoms with Gasteiger partial charge >= 0.3 is 0 Å². The highest BCUT2D eigenvalue weighted by atomic mass is 35.5. The van der Waals surface area contributed by atoms with Gasteiger partial charge in [-0.25, -0.2) is 9.97 Å². The third-order valence-corrected chi connectivity index (χ3v) is 5.34. The average molecular weight is 337 g/mol. The highest BCUT2D eigenvalue weighted by Gasteiger charge is 2.14. The van der Waals surface area contributed by atoms with Gasteiger partial charge < -0.3 is 0 Å². The number of benzene rings is 1. The molecule has 0 fully saturated rings. The molecule has 0 aliphatic heterocycles. The van der Waals surface area contributed by atoms with Crippen LogP contribution >= 0.6 is 34.5 Å². The minimum Gasteiger partial charge on any atom is -0.227 e. The van der Waals surface area contributed by atoms with E-state index in [0.717, 1.165) is 34.2 Å². The number of hydrogen-bond acceptors (Lipinski definition) is 3. The summed E-state index contributed by atoms with van der Waals surface area (Å²) in [5, 5.41) is 4.09. The molecule has 0 radical (unpaired) electrons. The summed E-state index contributed by atoms with van der Waals surface area (Å²) >= 11 is 14.2. The van der Waals surface area contributed by atoms with Crippen LogP contribution in [0, 0.1) is 6.92 Å². The molecule has 0 saturated carbocycles. The number of hydrogen-bond donors (Lipinski definition) is 0. The fourth-order valence-corrected chi connectivity index (χ4v) is 3.71. The largest absolute Gasteiger partial charge is 0.227 e. The third-order valence-electron chi connectivity index (χ3n) is 3.35. The Kier molecular flexibility index (Phi) is 4.16. The molecule has 0 N–H and O–H groups in total. The molecule has 0 aliphatic rings. The first kappa shape index (κ1) is 14.8. The molecule has 0 aliphatic carbocycles. The van der Waals surface area contributed by atoms with E-state index in [4.69, 9.17) is 23.2 Å². The second-order valence-electron chi connectivity index (χ2n) is 5.00. The lowest BCUT2D eigenvalue weighted by atomic mass is 10.1. The third kappa shape index (κ3) is 2.78. The maximum atomic E-state index is 6.35. The van der Waals surface area contributed by atoms with Gasteiger partial charge in [0.15, 0.2) is 5.82 Å². The van der Waals surface area contributed by atoms with Gasteiger partial charge in [0.1, 0.15) is 5.15 Å². The zero-order chi connectivity index (χ0) is 15.0. The van der Waals surface area contributed by atoms with Crippen molar-refractivity contribution in [1.29, 1.82) is 0 Å². The first-order valence-corrected chi connectivity index (χ1v) is 8.44. The van der Waals surface area contributed by atoms with Crippen molar-refractivity contribution < 1.29 is 0 Å². The van der Waals surface area contributed by atoms with Crippen LogP contribution in [0.3, 0.4) is 0 Å². The summed E-state index contributed by atoms with van der Waals surface area (Å²) in [7, 11) is 0. The molecule has 0 atom stereocenters. The SMILES string of the molecule is CCCc1ccc2nc(-c3scc(C)c3Cl)nc(Cl)c2c1. The van der Waals surface area contributed by atoms with Crippen LogP contribution in [0.1, 0.15) is 24.5 Å². The van der Waals surface area contributed by atoms with Gasteiger partial charge in [0.2, 0.25) is 0 Å². The molecule has 1 aromatic carbocycles. The lowest BCUT2D eigenvalue weighted by Gasteiger charge is -2.06. The zero-order valence-electron chi connectivity index (χ0n) is 11.8. The van der Waals surface area contributed by atoms with E-state index in [-0.39, 0.29) is 0 Å². The molecule has 5 heteroatoms. The molecule has 0 amide bonds. The van der Waals surface area contributed by atoms with Gasteiger partial charge in [0, 0.05) is 5.39 Å². The van der Waals surface area contributed by atoms with Gasteiger partial charge in [-0.05, 0) is 42.0 Å². The number of thiophene rings is 1. The molecule has 2 heterocycles. The molecule has 0 saturated heterocycles. The summed E-state index contributed by atoms with van der Waals surface area (Å²) < 4.78 is 0. The Morgan fingerprint density at radius 1 is 1.19 bits per heavy atom. The first-order chi connectivity index (χ1) is 10.1. The zero-order valence-corrected chi connectivity index (χ0v) is 14.1. The molecule has 0 spiro atoms. The van der Waals surface area contributed by atoms with Crippen LogP contribution in [0.25, 0.3) is 21.6 Å². The van der Waals surface area contributed by atoms with Crippen molar-refractivity contribution in [2.45, 2.75) is 26.7 Å². The summed E-state index contributed by atoms with van der Waals surface area (Å²) in [5.41, 5.74) is 3.15. The lowest BCUT2D eigenvalue weighted by Crippen LogP contribution is -1.92. The quantitative estimate of drug-likeness (QED) is 0.554. The van der Waals surface area contributed by atoms with E-state index in [1.165, 1.54) is 5.56 Å². The molecule has 2 aromatic heterocycles. The molecule has 108 valence electrons. The van der Waals surface area contributed by atoms with Crippen LogP contribution in [0.5, 0.6) is 0 Å². The molecule has 3 rings (SSSR count). The van der Waals surface area contributed by atoms with E-state index >= 15 is 0 Å². The second-order valence-corrected chi connectivity index (χ2v) is 6.62. The molecule has 0 bridgehead atoms. The predicted molar refractivity (Wildman–Crippen MR) is 91.6 cm³/mol. The van der Waals surface area contributed by atoms with Crippen molar-refractivity contribution in [3.8, 4) is 10.7 Å². The average Bonchev–Trinajstić information content (AvgIpc) is 2.80. The molecule has 3 aromatic rings. The smallest absolute Gasteiger partial charge is 0.173 e. The number of rotatable bonds is 3. The van der Waals surface area contributed by atoms with Gasteiger partial charge in [0.05, 0.1) is 15.4 Å². The summed E-state index contributed by atoms with van der Waals surface area (Å²) in [4.78, 5) is 9.91. The van der Waals surface area contributed by atoms with E-state index in [2.05, 4.69) is 29.0 Å². The second kappa shape index (κ2) is 5.91. The maximum absolute atomic E-state index is 6.35. The van der Waals surface area contributed by atoms with Crippen molar-refractivity contribution in [3.63, 3.8) is 0 Å². The predicted octanol–water partition coefficient (Wildman–Crippen LogP) is 5.93. The number of aromatic nitrogens is 2. The van der Waals surface area contributed by atoms with Gasteiger partial charge in [-0.2, -0.15) is 0 Å². The lowest BCUT2D eigenvalue weighted by molar-refractivity contribution is 0.923. The van der Waals surface area contributed by atoms with Gasteiger partial charge in [-0.15, -0.1) is 11.3 Å². The normalized spacial score (nSPS) is 11.2. The van der Waals surface area contributed by atoms with E-state index in [9.17, 15) is 0 Å². The Labute approximate surface area is 137 Å². The van der Waals surface area contributed by atoms with Gasteiger partial charge in [0.25, 0.3) is 0 Å². The van der Waals surface area contributed by atoms with Crippen LogP contribution in [0.15, 0.2) is 23.6 Å². The Hall–Kier alpha value is -1.16. The fourth-order valence-electron chi connectivity index (χ4n) is 2.26.